The molecule has 1 rings (SSSR count). The second-order valence-electron chi connectivity index (χ2n) is 21.8. The molecular weight excluding hydrogens is 967 g/mol. The lowest BCUT2D eigenvalue weighted by atomic mass is 9.99. The number of aliphatic hydroxyl groups excluding tert-OH is 5. The zero-order chi connectivity index (χ0) is 56.1. The molecule has 6 N–H and O–H groups in total. The van der Waals surface area contributed by atoms with Crippen molar-refractivity contribution in [2.24, 2.45) is 0 Å². The first-order valence-corrected chi connectivity index (χ1v) is 31.7. The van der Waals surface area contributed by atoms with Crippen molar-refractivity contribution < 1.29 is 49.3 Å². The van der Waals surface area contributed by atoms with Crippen LogP contribution in [0.15, 0.2) is 72.9 Å². The van der Waals surface area contributed by atoms with E-state index in [4.69, 9.17) is 14.2 Å². The molecule has 8 unspecified atom stereocenters. The van der Waals surface area contributed by atoms with Gasteiger partial charge in [-0.2, -0.15) is 0 Å². The number of hydrogen-bond donors (Lipinski definition) is 6. The molecule has 1 amide bonds. The van der Waals surface area contributed by atoms with E-state index in [0.717, 1.165) is 96.3 Å². The smallest absolute Gasteiger partial charge is 0.306 e. The number of aliphatic hydroxyl groups is 5. The minimum absolute atomic E-state index is 0.114. The van der Waals surface area contributed by atoms with Gasteiger partial charge in [0.1, 0.15) is 24.4 Å². The molecule has 0 aromatic carbocycles. The number of ether oxygens (including phenoxy) is 3. The summed E-state index contributed by atoms with van der Waals surface area (Å²) in [7, 11) is 0. The van der Waals surface area contributed by atoms with Crippen LogP contribution < -0.4 is 5.32 Å². The average molecular weight is 1080 g/mol. The fraction of sp³-hybridized carbons (Fsp3) is 0.788. The van der Waals surface area contributed by atoms with Crippen LogP contribution in [0.1, 0.15) is 271 Å². The van der Waals surface area contributed by atoms with Crippen molar-refractivity contribution in [1.82, 2.24) is 5.32 Å². The molecule has 1 aliphatic rings. The van der Waals surface area contributed by atoms with Gasteiger partial charge in [0.25, 0.3) is 0 Å². The van der Waals surface area contributed by atoms with Gasteiger partial charge < -0.3 is 45.1 Å². The van der Waals surface area contributed by atoms with Crippen molar-refractivity contribution in [1.29, 1.82) is 0 Å². The molecule has 1 aliphatic heterocycles. The Labute approximate surface area is 471 Å². The number of amides is 1. The highest BCUT2D eigenvalue weighted by atomic mass is 16.7. The van der Waals surface area contributed by atoms with E-state index in [0.29, 0.717) is 12.8 Å². The fourth-order valence-electron chi connectivity index (χ4n) is 9.51. The zero-order valence-electron chi connectivity index (χ0n) is 49.3. The van der Waals surface area contributed by atoms with E-state index in [1.807, 2.05) is 6.08 Å². The number of hydrogen-bond acceptors (Lipinski definition) is 10. The Kier molecular flexibility index (Phi) is 50.3. The molecule has 0 radical (unpaired) electrons. The predicted molar refractivity (Wildman–Crippen MR) is 319 cm³/mol. The Hall–Kier alpha value is -2.90. The van der Waals surface area contributed by atoms with Gasteiger partial charge in [0.2, 0.25) is 5.91 Å². The van der Waals surface area contributed by atoms with Crippen molar-refractivity contribution in [3.63, 3.8) is 0 Å². The number of allylic oxidation sites excluding steroid dienone is 11. The minimum Gasteiger partial charge on any atom is -0.454 e. The van der Waals surface area contributed by atoms with Gasteiger partial charge in [0.15, 0.2) is 12.4 Å². The van der Waals surface area contributed by atoms with E-state index < -0.39 is 67.4 Å². The summed E-state index contributed by atoms with van der Waals surface area (Å²) in [6, 6.07) is -1.04. The molecule has 0 aromatic rings. The molecule has 1 fully saturated rings. The Balaban J connectivity index is 2.70. The lowest BCUT2D eigenvalue weighted by Crippen LogP contribution is -2.61. The molecule has 1 saturated heterocycles. The van der Waals surface area contributed by atoms with Crippen molar-refractivity contribution in [2.75, 3.05) is 13.2 Å². The monoisotopic (exact) mass is 1080 g/mol. The molecule has 0 bridgehead atoms. The highest BCUT2D eigenvalue weighted by molar-refractivity contribution is 5.80. The van der Waals surface area contributed by atoms with Crippen LogP contribution in [0.3, 0.4) is 0 Å². The van der Waals surface area contributed by atoms with Gasteiger partial charge >= 0.3 is 5.97 Å². The molecule has 0 aliphatic carbocycles. The number of nitrogens with one attached hydrogen (secondary N) is 1. The van der Waals surface area contributed by atoms with Crippen LogP contribution in [0, 0.1) is 0 Å². The maximum Gasteiger partial charge on any atom is 0.306 e. The number of unbranched alkanes of at least 4 members (excludes halogenated alkanes) is 29. The molecular formula is C66H117NO10. The topological polar surface area (TPSA) is 175 Å². The molecule has 11 nitrogen and oxygen atoms in total. The van der Waals surface area contributed by atoms with Crippen molar-refractivity contribution in [3.8, 4) is 0 Å². The third kappa shape index (κ3) is 41.7. The van der Waals surface area contributed by atoms with Gasteiger partial charge in [0, 0.05) is 6.42 Å². The summed E-state index contributed by atoms with van der Waals surface area (Å²) < 4.78 is 17.6. The highest BCUT2D eigenvalue weighted by Gasteiger charge is 2.47. The van der Waals surface area contributed by atoms with Crippen LogP contribution in [0.5, 0.6) is 0 Å². The fourth-order valence-corrected chi connectivity index (χ4v) is 9.51. The summed E-state index contributed by atoms with van der Waals surface area (Å²) in [6.45, 7) is 5.73. The van der Waals surface area contributed by atoms with Gasteiger partial charge in [-0.1, -0.05) is 241 Å². The Bertz CT molecular complexity index is 1530. The average Bonchev–Trinajstić information content (AvgIpc) is 3.43. The highest BCUT2D eigenvalue weighted by Crippen LogP contribution is 2.26. The van der Waals surface area contributed by atoms with E-state index in [1.165, 1.54) is 128 Å². The van der Waals surface area contributed by atoms with Crippen LogP contribution in [0.4, 0.5) is 0 Å². The maximum absolute atomic E-state index is 13.4. The molecule has 1 heterocycles. The number of rotatable bonds is 53. The lowest BCUT2D eigenvalue weighted by Gasteiger charge is -2.41. The van der Waals surface area contributed by atoms with Crippen LogP contribution in [0.2, 0.25) is 0 Å². The molecule has 8 atom stereocenters. The molecule has 0 aromatic heterocycles. The third-order valence-electron chi connectivity index (χ3n) is 14.6. The van der Waals surface area contributed by atoms with E-state index in [9.17, 15) is 35.1 Å². The first-order valence-electron chi connectivity index (χ1n) is 31.7. The van der Waals surface area contributed by atoms with Crippen LogP contribution in [-0.2, 0) is 23.8 Å². The quantitative estimate of drug-likeness (QED) is 0.0195. The summed E-state index contributed by atoms with van der Waals surface area (Å²) in [6.07, 6.45) is 57.8. The van der Waals surface area contributed by atoms with Crippen molar-refractivity contribution in [3.05, 3.63) is 72.9 Å². The van der Waals surface area contributed by atoms with Gasteiger partial charge in [-0.05, 0) is 96.3 Å². The van der Waals surface area contributed by atoms with E-state index in [-0.39, 0.29) is 19.4 Å². The van der Waals surface area contributed by atoms with Crippen LogP contribution in [-0.4, -0.2) is 99.6 Å². The summed E-state index contributed by atoms with van der Waals surface area (Å²) in [5.41, 5.74) is 0. The summed E-state index contributed by atoms with van der Waals surface area (Å²) >= 11 is 0. The summed E-state index contributed by atoms with van der Waals surface area (Å²) in [5.74, 6) is -1.22. The van der Waals surface area contributed by atoms with Crippen LogP contribution >= 0.6 is 0 Å². The SMILES string of the molecule is CCCCC/C=C\C/C=C\C/C=C\CCCCCC(O)C(=O)NC(COC1OC(CO)C(O)C(O)C1OC(=O)CCCCCCCCCCC/C=C\C/C=C\CCCCC)C(O)/C=C/CCCCCCCCCCCCC. The maximum atomic E-state index is 13.4. The van der Waals surface area contributed by atoms with Gasteiger partial charge in [-0.3, -0.25) is 9.59 Å². The normalized spacial score (nSPS) is 19.5. The van der Waals surface area contributed by atoms with Crippen LogP contribution in [0.25, 0.3) is 0 Å². The molecule has 0 saturated carbocycles. The number of carbonyl (C=O) groups is 2. The third-order valence-corrected chi connectivity index (χ3v) is 14.6. The van der Waals surface area contributed by atoms with Crippen molar-refractivity contribution >= 4 is 11.9 Å². The van der Waals surface area contributed by atoms with Gasteiger partial charge in [-0.15, -0.1) is 0 Å². The summed E-state index contributed by atoms with van der Waals surface area (Å²) in [4.78, 5) is 26.6. The first kappa shape index (κ1) is 72.1. The van der Waals surface area contributed by atoms with Crippen molar-refractivity contribution in [2.45, 2.75) is 320 Å². The standard InChI is InChI=1S/C66H117NO10/c1-4-7-10-13-16-19-22-25-27-29-30-31-33-36-39-42-45-48-51-54-61(71)77-64-63(73)62(72)60(55-68)76-66(64)75-56-57(58(69)52-49-46-43-40-37-34-24-21-18-15-12-9-6-3)67-65(74)59(70)53-50-47-44-41-38-35-32-28-26-23-20-17-14-11-8-5-2/h16-17,19-20,25-28,35,38,49,52,57-60,62-64,66,68-70,72-73H,4-15,18,21-24,29-34,36-37,39-48,50-51,53-56H2,1-3H3,(H,67,74)/b19-16-,20-17-,27-25-,28-26-,38-35-,52-49+. The molecule has 11 heteroatoms. The lowest BCUT2D eigenvalue weighted by molar-refractivity contribution is -0.305. The first-order chi connectivity index (χ1) is 37.7. The van der Waals surface area contributed by atoms with E-state index in [2.05, 4.69) is 86.8 Å². The molecule has 77 heavy (non-hydrogen) atoms. The largest absolute Gasteiger partial charge is 0.454 e. The van der Waals surface area contributed by atoms with Gasteiger partial charge in [-0.25, -0.2) is 0 Å². The minimum atomic E-state index is -1.62. The number of carbonyl (C=O) groups excluding carboxylic acids is 2. The second kappa shape index (κ2) is 53.7. The number of esters is 1. The zero-order valence-corrected chi connectivity index (χ0v) is 49.3. The van der Waals surface area contributed by atoms with Gasteiger partial charge in [0.05, 0.1) is 25.4 Å². The van der Waals surface area contributed by atoms with E-state index >= 15 is 0 Å². The Morgan fingerprint density at radius 1 is 0.506 bits per heavy atom. The Morgan fingerprint density at radius 2 is 0.896 bits per heavy atom. The Morgan fingerprint density at radius 3 is 1.36 bits per heavy atom. The molecule has 0 spiro atoms. The predicted octanol–water partition coefficient (Wildman–Crippen LogP) is 15.2. The summed E-state index contributed by atoms with van der Waals surface area (Å²) in [5, 5.41) is 57.0. The molecule has 446 valence electrons. The second-order valence-corrected chi connectivity index (χ2v) is 21.8. The van der Waals surface area contributed by atoms with E-state index in [1.54, 1.807) is 6.08 Å².